The van der Waals surface area contributed by atoms with Crippen molar-refractivity contribution < 1.29 is 23.2 Å². The van der Waals surface area contributed by atoms with Crippen LogP contribution in [0, 0.1) is 0 Å². The topological polar surface area (TPSA) is 83.9 Å². The Morgan fingerprint density at radius 3 is 2.53 bits per heavy atom. The number of aromatic carboxylic acids is 1. The van der Waals surface area contributed by atoms with E-state index in [9.17, 15) is 13.2 Å². The van der Waals surface area contributed by atoms with Gasteiger partial charge in [-0.05, 0) is 12.1 Å². The van der Waals surface area contributed by atoms with Crippen molar-refractivity contribution >= 4 is 27.3 Å². The molecule has 0 amide bonds. The van der Waals surface area contributed by atoms with Crippen LogP contribution in [-0.2, 0) is 14.9 Å². The van der Waals surface area contributed by atoms with Crippen LogP contribution in [0.2, 0.25) is 0 Å². The van der Waals surface area contributed by atoms with Gasteiger partial charge >= 0.3 is 5.97 Å². The molecule has 1 N–H and O–H groups in total. The first-order chi connectivity index (χ1) is 6.89. The molecule has 0 aliphatic rings. The largest absolute Gasteiger partial charge is 0.477 e. The van der Waals surface area contributed by atoms with Crippen LogP contribution in [0.4, 0.5) is 0 Å². The highest BCUT2D eigenvalue weighted by Crippen LogP contribution is 2.24. The van der Waals surface area contributed by atoms with Crippen LogP contribution in [-0.4, -0.2) is 38.1 Å². The Balaban J connectivity index is 3.12. The summed E-state index contributed by atoms with van der Waals surface area (Å²) in [6.45, 7) is 0. The molecule has 0 spiro atoms. The van der Waals surface area contributed by atoms with E-state index in [0.717, 1.165) is 0 Å². The first-order valence-corrected chi connectivity index (χ1v) is 6.01. The fourth-order valence-corrected chi connectivity index (χ4v) is 3.07. The second-order valence-corrected chi connectivity index (χ2v) is 5.77. The van der Waals surface area contributed by atoms with Gasteiger partial charge in [-0.2, -0.15) is 0 Å². The summed E-state index contributed by atoms with van der Waals surface area (Å²) in [5, 5.41) is 8.63. The molecule has 1 rings (SSSR count). The second-order valence-electron chi connectivity index (χ2n) is 2.52. The van der Waals surface area contributed by atoms with Gasteiger partial charge in [0, 0.05) is 7.05 Å². The molecule has 0 saturated carbocycles. The summed E-state index contributed by atoms with van der Waals surface area (Å²) in [5.74, 6) is -1.15. The standard InChI is InChI=1S/C7H9NO5S2/c1-8(13-2)15(11,12)6-4-3-5(14-6)7(9)10/h3-4H,1-2H3,(H,9,10). The minimum Gasteiger partial charge on any atom is -0.477 e. The van der Waals surface area contributed by atoms with E-state index in [4.69, 9.17) is 5.11 Å². The summed E-state index contributed by atoms with van der Waals surface area (Å²) in [4.78, 5) is 15.1. The number of rotatable bonds is 4. The highest BCUT2D eigenvalue weighted by molar-refractivity contribution is 7.91. The van der Waals surface area contributed by atoms with Crippen molar-refractivity contribution in [3.05, 3.63) is 17.0 Å². The van der Waals surface area contributed by atoms with Gasteiger partial charge in [0.2, 0.25) is 0 Å². The lowest BCUT2D eigenvalue weighted by molar-refractivity contribution is -0.0256. The van der Waals surface area contributed by atoms with Gasteiger partial charge in [0.05, 0.1) is 7.11 Å². The molecule has 84 valence electrons. The summed E-state index contributed by atoms with van der Waals surface area (Å²) < 4.78 is 23.8. The van der Waals surface area contributed by atoms with E-state index < -0.39 is 16.0 Å². The zero-order valence-electron chi connectivity index (χ0n) is 8.00. The molecule has 0 unspecified atom stereocenters. The Kier molecular flexibility index (Phi) is 3.45. The van der Waals surface area contributed by atoms with E-state index in [-0.39, 0.29) is 9.09 Å². The highest BCUT2D eigenvalue weighted by Gasteiger charge is 2.23. The third-order valence-corrected chi connectivity index (χ3v) is 4.86. The Morgan fingerprint density at radius 2 is 2.13 bits per heavy atom. The molecule has 1 aromatic heterocycles. The fraction of sp³-hybridized carbons (Fsp3) is 0.286. The van der Waals surface area contributed by atoms with Crippen molar-refractivity contribution in [3.63, 3.8) is 0 Å². The Hall–Kier alpha value is -0.960. The van der Waals surface area contributed by atoms with Gasteiger partial charge in [-0.1, -0.05) is 4.47 Å². The lowest BCUT2D eigenvalue weighted by Gasteiger charge is -2.11. The lowest BCUT2D eigenvalue weighted by Crippen LogP contribution is -2.24. The van der Waals surface area contributed by atoms with Crippen molar-refractivity contribution in [2.75, 3.05) is 14.2 Å². The summed E-state index contributed by atoms with van der Waals surface area (Å²) in [5.41, 5.74) is 0. The quantitative estimate of drug-likeness (QED) is 0.793. The Bertz CT molecular complexity index is 463. The van der Waals surface area contributed by atoms with E-state index in [1.807, 2.05) is 0 Å². The number of carbonyl (C=O) groups is 1. The minimum atomic E-state index is -3.74. The van der Waals surface area contributed by atoms with E-state index in [2.05, 4.69) is 4.84 Å². The number of carboxylic acid groups (broad SMARTS) is 1. The van der Waals surface area contributed by atoms with Crippen LogP contribution in [0.25, 0.3) is 0 Å². The summed E-state index contributed by atoms with van der Waals surface area (Å²) in [6.07, 6.45) is 0. The van der Waals surface area contributed by atoms with Crippen LogP contribution in [0.5, 0.6) is 0 Å². The van der Waals surface area contributed by atoms with Crippen molar-refractivity contribution in [1.82, 2.24) is 4.47 Å². The molecular formula is C7H9NO5S2. The maximum Gasteiger partial charge on any atom is 0.345 e. The Labute approximate surface area is 90.7 Å². The third kappa shape index (κ3) is 2.34. The monoisotopic (exact) mass is 251 g/mol. The average Bonchev–Trinajstić information content (AvgIpc) is 2.65. The SMILES string of the molecule is CON(C)S(=O)(=O)c1ccc(C(=O)O)s1. The van der Waals surface area contributed by atoms with Gasteiger partial charge < -0.3 is 5.11 Å². The van der Waals surface area contributed by atoms with E-state index in [0.29, 0.717) is 15.8 Å². The third-order valence-electron chi connectivity index (χ3n) is 1.64. The van der Waals surface area contributed by atoms with Crippen molar-refractivity contribution in [1.29, 1.82) is 0 Å². The van der Waals surface area contributed by atoms with Gasteiger partial charge in [0.25, 0.3) is 10.0 Å². The van der Waals surface area contributed by atoms with Gasteiger partial charge in [-0.15, -0.1) is 11.3 Å². The lowest BCUT2D eigenvalue weighted by atomic mass is 10.5. The molecule has 0 saturated heterocycles. The first kappa shape index (κ1) is 12.1. The highest BCUT2D eigenvalue weighted by atomic mass is 32.2. The minimum absolute atomic E-state index is 0.0296. The smallest absolute Gasteiger partial charge is 0.345 e. The van der Waals surface area contributed by atoms with Crippen LogP contribution in [0.15, 0.2) is 16.3 Å². The summed E-state index contributed by atoms with van der Waals surface area (Å²) in [7, 11) is -1.29. The molecule has 0 radical (unpaired) electrons. The molecule has 1 aromatic rings. The molecule has 15 heavy (non-hydrogen) atoms. The second kappa shape index (κ2) is 4.27. The molecule has 0 bridgehead atoms. The van der Waals surface area contributed by atoms with Crippen LogP contribution in [0.3, 0.4) is 0 Å². The maximum atomic E-state index is 11.6. The molecule has 6 nitrogen and oxygen atoms in total. The average molecular weight is 251 g/mol. The number of nitrogens with zero attached hydrogens (tertiary/aromatic N) is 1. The molecule has 0 fully saturated rings. The number of thiophene rings is 1. The number of hydroxylamine groups is 1. The van der Waals surface area contributed by atoms with Crippen LogP contribution >= 0.6 is 11.3 Å². The summed E-state index contributed by atoms with van der Waals surface area (Å²) >= 11 is 0.682. The molecule has 0 atom stereocenters. The molecule has 1 heterocycles. The summed E-state index contributed by atoms with van der Waals surface area (Å²) in [6, 6.07) is 2.47. The molecule has 8 heteroatoms. The van der Waals surface area contributed by atoms with Crippen LogP contribution < -0.4 is 0 Å². The van der Waals surface area contributed by atoms with Crippen molar-refractivity contribution in [2.45, 2.75) is 4.21 Å². The van der Waals surface area contributed by atoms with E-state index in [1.165, 1.54) is 26.3 Å². The van der Waals surface area contributed by atoms with E-state index in [1.54, 1.807) is 0 Å². The number of hydrogen-bond donors (Lipinski definition) is 1. The maximum absolute atomic E-state index is 11.6. The number of carboxylic acids is 1. The van der Waals surface area contributed by atoms with Gasteiger partial charge in [-0.3, -0.25) is 4.84 Å². The molecule has 0 aliphatic heterocycles. The normalized spacial score (nSPS) is 11.9. The van der Waals surface area contributed by atoms with Gasteiger partial charge in [-0.25, -0.2) is 13.2 Å². The molecule has 0 aliphatic carbocycles. The van der Waals surface area contributed by atoms with Gasteiger partial charge in [0.15, 0.2) is 0 Å². The van der Waals surface area contributed by atoms with Crippen molar-refractivity contribution in [2.24, 2.45) is 0 Å². The fourth-order valence-electron chi connectivity index (χ4n) is 0.799. The number of sulfonamides is 1. The molecular weight excluding hydrogens is 242 g/mol. The Morgan fingerprint density at radius 1 is 1.53 bits per heavy atom. The zero-order valence-corrected chi connectivity index (χ0v) is 9.63. The molecule has 0 aromatic carbocycles. The van der Waals surface area contributed by atoms with Crippen molar-refractivity contribution in [3.8, 4) is 0 Å². The first-order valence-electron chi connectivity index (χ1n) is 3.75. The predicted octanol–water partition coefficient (Wildman–Crippen LogP) is 0.628. The predicted molar refractivity (Wildman–Crippen MR) is 53.2 cm³/mol. The zero-order chi connectivity index (χ0) is 11.6. The van der Waals surface area contributed by atoms with Gasteiger partial charge in [0.1, 0.15) is 9.09 Å². The van der Waals surface area contributed by atoms with Crippen LogP contribution in [0.1, 0.15) is 9.67 Å². The number of hydrogen-bond acceptors (Lipinski definition) is 5. The van der Waals surface area contributed by atoms with E-state index >= 15 is 0 Å².